The molecule has 148 valence electrons. The van der Waals surface area contributed by atoms with Crippen molar-refractivity contribution in [3.05, 3.63) is 70.2 Å². The van der Waals surface area contributed by atoms with Crippen molar-refractivity contribution < 1.29 is 9.21 Å². The van der Waals surface area contributed by atoms with Gasteiger partial charge in [0, 0.05) is 13.0 Å². The number of hydrogen-bond donors (Lipinski definition) is 1. The van der Waals surface area contributed by atoms with Crippen LogP contribution in [-0.2, 0) is 17.8 Å². The van der Waals surface area contributed by atoms with Gasteiger partial charge in [-0.1, -0.05) is 50.2 Å². The Labute approximate surface area is 165 Å². The monoisotopic (exact) mass is 380 g/mol. The van der Waals surface area contributed by atoms with E-state index >= 15 is 0 Å². The zero-order valence-corrected chi connectivity index (χ0v) is 16.8. The first kappa shape index (κ1) is 19.9. The summed E-state index contributed by atoms with van der Waals surface area (Å²) in [4.78, 5) is 24.3. The first-order valence-electron chi connectivity index (χ1n) is 9.90. The Hall–Kier alpha value is -2.82. The van der Waals surface area contributed by atoms with Crippen LogP contribution in [0.2, 0.25) is 0 Å². The fraction of sp³-hybridized carbons (Fsp3) is 0.391. The lowest BCUT2D eigenvalue weighted by atomic mass is 10.00. The van der Waals surface area contributed by atoms with E-state index in [0.717, 1.165) is 17.5 Å². The number of para-hydroxylation sites is 2. The number of nitrogens with zero attached hydrogens (tertiary/aromatic N) is 1. The third-order valence-corrected chi connectivity index (χ3v) is 4.86. The molecule has 0 aliphatic carbocycles. The van der Waals surface area contributed by atoms with Crippen molar-refractivity contribution in [2.45, 2.75) is 52.6 Å². The SMILES string of the molecule is CC(C)Cc1ccc([C@@H](C)NC(=O)CCCn2c(=O)oc3ccccc32)cc1. The van der Waals surface area contributed by atoms with E-state index in [1.807, 2.05) is 25.1 Å². The number of hydrogen-bond acceptors (Lipinski definition) is 3. The molecule has 0 aliphatic heterocycles. The van der Waals surface area contributed by atoms with E-state index in [-0.39, 0.29) is 17.7 Å². The smallest absolute Gasteiger partial charge is 0.408 e. The lowest BCUT2D eigenvalue weighted by Crippen LogP contribution is -2.27. The van der Waals surface area contributed by atoms with Crippen molar-refractivity contribution in [2.24, 2.45) is 5.92 Å². The van der Waals surface area contributed by atoms with Gasteiger partial charge in [-0.25, -0.2) is 4.79 Å². The van der Waals surface area contributed by atoms with Gasteiger partial charge in [0.2, 0.25) is 5.91 Å². The van der Waals surface area contributed by atoms with Gasteiger partial charge in [0.15, 0.2) is 5.58 Å². The summed E-state index contributed by atoms with van der Waals surface area (Å²) in [6.45, 7) is 6.86. The van der Waals surface area contributed by atoms with Crippen LogP contribution in [0.1, 0.15) is 50.8 Å². The van der Waals surface area contributed by atoms with Crippen LogP contribution < -0.4 is 11.1 Å². The number of nitrogens with one attached hydrogen (secondary N) is 1. The molecule has 1 amide bonds. The fourth-order valence-corrected chi connectivity index (χ4v) is 3.43. The maximum atomic E-state index is 12.3. The highest BCUT2D eigenvalue weighted by molar-refractivity contribution is 5.76. The molecule has 1 N–H and O–H groups in total. The summed E-state index contributed by atoms with van der Waals surface area (Å²) in [5.74, 6) is 0.235. The Balaban J connectivity index is 1.51. The van der Waals surface area contributed by atoms with Crippen molar-refractivity contribution in [3.63, 3.8) is 0 Å². The van der Waals surface area contributed by atoms with Crippen molar-refractivity contribution >= 4 is 17.0 Å². The minimum atomic E-state index is -0.378. The van der Waals surface area contributed by atoms with Gasteiger partial charge in [0.1, 0.15) is 0 Å². The van der Waals surface area contributed by atoms with Gasteiger partial charge < -0.3 is 9.73 Å². The summed E-state index contributed by atoms with van der Waals surface area (Å²) >= 11 is 0. The summed E-state index contributed by atoms with van der Waals surface area (Å²) in [6.07, 6.45) is 2.00. The Morgan fingerprint density at radius 1 is 1.07 bits per heavy atom. The first-order chi connectivity index (χ1) is 13.4. The molecule has 0 saturated heterocycles. The molecule has 3 rings (SSSR count). The van der Waals surface area contributed by atoms with Gasteiger partial charge in [-0.15, -0.1) is 0 Å². The molecule has 0 fully saturated rings. The number of carbonyl (C=O) groups excluding carboxylic acids is 1. The maximum absolute atomic E-state index is 12.3. The normalized spacial score (nSPS) is 12.4. The first-order valence-corrected chi connectivity index (χ1v) is 9.90. The minimum absolute atomic E-state index is 0.0143. The zero-order chi connectivity index (χ0) is 20.1. The van der Waals surface area contributed by atoms with Gasteiger partial charge in [-0.05, 0) is 48.9 Å². The highest BCUT2D eigenvalue weighted by Gasteiger charge is 2.12. The van der Waals surface area contributed by atoms with Crippen LogP contribution in [0.15, 0.2) is 57.7 Å². The van der Waals surface area contributed by atoms with Crippen molar-refractivity contribution in [1.29, 1.82) is 0 Å². The standard InChI is InChI=1S/C23H28N2O3/c1-16(2)15-18-10-12-19(13-11-18)17(3)24-22(26)9-6-14-25-20-7-4-5-8-21(20)28-23(25)27/h4-5,7-8,10-13,16-17H,6,9,14-15H2,1-3H3,(H,24,26)/t17-/m1/s1. The zero-order valence-electron chi connectivity index (χ0n) is 16.8. The molecule has 1 heterocycles. The highest BCUT2D eigenvalue weighted by Crippen LogP contribution is 2.16. The Kier molecular flexibility index (Phi) is 6.34. The molecule has 28 heavy (non-hydrogen) atoms. The number of benzene rings is 2. The second-order valence-electron chi connectivity index (χ2n) is 7.72. The van der Waals surface area contributed by atoms with E-state index in [4.69, 9.17) is 4.42 Å². The summed E-state index contributed by atoms with van der Waals surface area (Å²) in [5.41, 5.74) is 3.75. The number of aromatic nitrogens is 1. The summed E-state index contributed by atoms with van der Waals surface area (Å²) in [5, 5.41) is 3.04. The van der Waals surface area contributed by atoms with Crippen molar-refractivity contribution in [2.75, 3.05) is 0 Å². The van der Waals surface area contributed by atoms with Crippen LogP contribution in [0.4, 0.5) is 0 Å². The van der Waals surface area contributed by atoms with E-state index in [0.29, 0.717) is 30.9 Å². The molecular formula is C23H28N2O3. The molecule has 0 bridgehead atoms. The maximum Gasteiger partial charge on any atom is 0.419 e. The predicted molar refractivity (Wildman–Crippen MR) is 111 cm³/mol. The average Bonchev–Trinajstić information content (AvgIpc) is 2.97. The second-order valence-corrected chi connectivity index (χ2v) is 7.72. The summed E-state index contributed by atoms with van der Waals surface area (Å²) in [7, 11) is 0. The summed E-state index contributed by atoms with van der Waals surface area (Å²) in [6, 6.07) is 15.7. The number of aryl methyl sites for hydroxylation is 1. The Morgan fingerprint density at radius 2 is 1.79 bits per heavy atom. The number of fused-ring (bicyclic) bond motifs is 1. The molecule has 0 aliphatic rings. The van der Waals surface area contributed by atoms with Crippen LogP contribution in [0.25, 0.3) is 11.1 Å². The van der Waals surface area contributed by atoms with E-state index < -0.39 is 0 Å². The molecule has 0 unspecified atom stereocenters. The number of rotatable bonds is 8. The average molecular weight is 380 g/mol. The molecule has 0 saturated carbocycles. The molecule has 1 atom stereocenters. The lowest BCUT2D eigenvalue weighted by molar-refractivity contribution is -0.121. The Morgan fingerprint density at radius 3 is 2.50 bits per heavy atom. The van der Waals surface area contributed by atoms with Crippen molar-refractivity contribution in [1.82, 2.24) is 9.88 Å². The third kappa shape index (κ3) is 4.91. The van der Waals surface area contributed by atoms with E-state index in [1.165, 1.54) is 5.56 Å². The predicted octanol–water partition coefficient (Wildman–Crippen LogP) is 4.45. The molecule has 1 aromatic heterocycles. The third-order valence-electron chi connectivity index (χ3n) is 4.86. The number of amides is 1. The molecule has 5 heteroatoms. The topological polar surface area (TPSA) is 64.2 Å². The van der Waals surface area contributed by atoms with E-state index in [9.17, 15) is 9.59 Å². The molecule has 2 aromatic carbocycles. The lowest BCUT2D eigenvalue weighted by Gasteiger charge is -2.15. The number of oxazole rings is 1. The van der Waals surface area contributed by atoms with Crippen LogP contribution >= 0.6 is 0 Å². The van der Waals surface area contributed by atoms with Gasteiger partial charge in [0.05, 0.1) is 11.6 Å². The van der Waals surface area contributed by atoms with Crippen LogP contribution in [0.3, 0.4) is 0 Å². The van der Waals surface area contributed by atoms with Crippen LogP contribution in [0, 0.1) is 5.92 Å². The molecule has 0 radical (unpaired) electrons. The second kappa shape index (κ2) is 8.91. The van der Waals surface area contributed by atoms with Crippen molar-refractivity contribution in [3.8, 4) is 0 Å². The minimum Gasteiger partial charge on any atom is -0.408 e. The van der Waals surface area contributed by atoms with Gasteiger partial charge >= 0.3 is 5.76 Å². The van der Waals surface area contributed by atoms with Gasteiger partial charge in [-0.3, -0.25) is 9.36 Å². The van der Waals surface area contributed by atoms with Gasteiger partial charge in [-0.2, -0.15) is 0 Å². The molecule has 0 spiro atoms. The van der Waals surface area contributed by atoms with Gasteiger partial charge in [0.25, 0.3) is 0 Å². The van der Waals surface area contributed by atoms with Crippen LogP contribution in [-0.4, -0.2) is 10.5 Å². The molecule has 5 nitrogen and oxygen atoms in total. The van der Waals surface area contributed by atoms with E-state index in [2.05, 4.69) is 43.4 Å². The molecular weight excluding hydrogens is 352 g/mol. The van der Waals surface area contributed by atoms with E-state index in [1.54, 1.807) is 10.6 Å². The highest BCUT2D eigenvalue weighted by atomic mass is 16.4. The summed E-state index contributed by atoms with van der Waals surface area (Å²) < 4.78 is 6.80. The van der Waals surface area contributed by atoms with Crippen LogP contribution in [0.5, 0.6) is 0 Å². The quantitative estimate of drug-likeness (QED) is 0.628. The molecule has 3 aromatic rings. The largest absolute Gasteiger partial charge is 0.419 e. The Bertz CT molecular complexity index is 983. The fourth-order valence-electron chi connectivity index (χ4n) is 3.43. The number of carbonyl (C=O) groups is 1.